The van der Waals surface area contributed by atoms with Gasteiger partial charge in [-0.15, -0.1) is 0 Å². The van der Waals surface area contributed by atoms with Crippen molar-refractivity contribution in [2.24, 2.45) is 5.73 Å². The molecule has 0 unspecified atom stereocenters. The van der Waals surface area contributed by atoms with Gasteiger partial charge in [0.2, 0.25) is 0 Å². The Bertz CT molecular complexity index is 587. The molecule has 2 rings (SSSR count). The third-order valence-corrected chi connectivity index (χ3v) is 3.27. The number of imidazole rings is 1. The van der Waals surface area contributed by atoms with Gasteiger partial charge in [-0.2, -0.15) is 8.78 Å². The molecule has 0 aliphatic carbocycles. The molecule has 0 bridgehead atoms. The molecule has 0 radical (unpaired) electrons. The molecule has 1 atom stereocenters. The van der Waals surface area contributed by atoms with E-state index in [1.807, 2.05) is 13.0 Å². The number of halogens is 3. The molecule has 0 amide bonds. The van der Waals surface area contributed by atoms with E-state index >= 15 is 0 Å². The van der Waals surface area contributed by atoms with Crippen LogP contribution in [-0.4, -0.2) is 9.55 Å². The number of ether oxygens (including phenoxy) is 1. The van der Waals surface area contributed by atoms with E-state index in [4.69, 9.17) is 10.5 Å². The van der Waals surface area contributed by atoms with Crippen molar-refractivity contribution in [3.8, 4) is 5.75 Å². The molecule has 1 aromatic heterocycles. The van der Waals surface area contributed by atoms with Crippen LogP contribution in [0.15, 0.2) is 35.1 Å². The van der Waals surface area contributed by atoms with Crippen molar-refractivity contribution in [1.82, 2.24) is 9.55 Å². The lowest BCUT2D eigenvalue weighted by molar-refractivity contribution is 0.0632. The summed E-state index contributed by atoms with van der Waals surface area (Å²) in [7, 11) is 0. The molecule has 0 saturated heterocycles. The van der Waals surface area contributed by atoms with Gasteiger partial charge in [0.1, 0.15) is 12.4 Å². The number of rotatable bonds is 5. The smallest absolute Gasteiger partial charge is 0.320 e. The van der Waals surface area contributed by atoms with Gasteiger partial charge in [-0.25, -0.2) is 4.98 Å². The molecule has 7 heteroatoms. The molecule has 20 heavy (non-hydrogen) atoms. The molecular formula is C13H14BrF2N3O. The number of benzene rings is 1. The minimum Gasteiger partial charge on any atom is -0.485 e. The van der Waals surface area contributed by atoms with Crippen LogP contribution in [0.3, 0.4) is 0 Å². The Morgan fingerprint density at radius 3 is 2.85 bits per heavy atom. The van der Waals surface area contributed by atoms with Crippen molar-refractivity contribution >= 4 is 15.9 Å². The van der Waals surface area contributed by atoms with E-state index in [9.17, 15) is 8.78 Å². The molecule has 1 aromatic carbocycles. The van der Waals surface area contributed by atoms with Gasteiger partial charge >= 0.3 is 6.55 Å². The van der Waals surface area contributed by atoms with Gasteiger partial charge < -0.3 is 10.5 Å². The normalized spacial score (nSPS) is 12.7. The maximum absolute atomic E-state index is 12.7. The molecule has 4 nitrogen and oxygen atoms in total. The van der Waals surface area contributed by atoms with Crippen LogP contribution in [0, 0.1) is 0 Å². The van der Waals surface area contributed by atoms with Crippen LogP contribution < -0.4 is 10.5 Å². The summed E-state index contributed by atoms with van der Waals surface area (Å²) in [6.07, 6.45) is 2.54. The number of alkyl halides is 2. The first-order chi connectivity index (χ1) is 9.49. The molecule has 2 N–H and O–H groups in total. The topological polar surface area (TPSA) is 53.1 Å². The largest absolute Gasteiger partial charge is 0.485 e. The summed E-state index contributed by atoms with van der Waals surface area (Å²) < 4.78 is 32.6. The first-order valence-electron chi connectivity index (χ1n) is 5.96. The highest BCUT2D eigenvalue weighted by molar-refractivity contribution is 9.10. The molecule has 108 valence electrons. The zero-order chi connectivity index (χ0) is 14.7. The fourth-order valence-corrected chi connectivity index (χ4v) is 2.16. The highest BCUT2D eigenvalue weighted by Gasteiger charge is 2.14. The molecule has 0 aliphatic heterocycles. The van der Waals surface area contributed by atoms with Gasteiger partial charge in [0, 0.05) is 28.5 Å². The van der Waals surface area contributed by atoms with Gasteiger partial charge in [0.25, 0.3) is 0 Å². The SMILES string of the molecule is C[C@@H](N)c1cc(Br)ccc1OCc1nccn1C(F)F. The zero-order valence-electron chi connectivity index (χ0n) is 10.8. The summed E-state index contributed by atoms with van der Waals surface area (Å²) in [5.74, 6) is 0.727. The van der Waals surface area contributed by atoms with Crippen LogP contribution in [-0.2, 0) is 6.61 Å². The molecule has 0 fully saturated rings. The Kier molecular flexibility index (Phi) is 4.72. The second-order valence-corrected chi connectivity index (χ2v) is 5.20. The average Bonchev–Trinajstić information content (AvgIpc) is 2.85. The number of hydrogen-bond donors (Lipinski definition) is 1. The zero-order valence-corrected chi connectivity index (χ0v) is 12.3. The Hall–Kier alpha value is -1.47. The van der Waals surface area contributed by atoms with Gasteiger partial charge in [-0.05, 0) is 25.1 Å². The second-order valence-electron chi connectivity index (χ2n) is 4.29. The minimum absolute atomic E-state index is 0.0430. The van der Waals surface area contributed by atoms with Crippen LogP contribution >= 0.6 is 15.9 Å². The number of nitrogens with two attached hydrogens (primary N) is 1. The van der Waals surface area contributed by atoms with E-state index in [0.29, 0.717) is 5.75 Å². The number of aromatic nitrogens is 2. The molecular weight excluding hydrogens is 332 g/mol. The Balaban J connectivity index is 2.17. The van der Waals surface area contributed by atoms with E-state index in [1.54, 1.807) is 12.1 Å². The van der Waals surface area contributed by atoms with Crippen LogP contribution in [0.4, 0.5) is 8.78 Å². The first-order valence-corrected chi connectivity index (χ1v) is 6.76. The van der Waals surface area contributed by atoms with E-state index in [1.165, 1.54) is 12.4 Å². The minimum atomic E-state index is -2.63. The van der Waals surface area contributed by atoms with Crippen molar-refractivity contribution in [3.63, 3.8) is 0 Å². The Morgan fingerprint density at radius 2 is 2.20 bits per heavy atom. The highest BCUT2D eigenvalue weighted by Crippen LogP contribution is 2.28. The maximum atomic E-state index is 12.7. The summed E-state index contributed by atoms with van der Waals surface area (Å²) in [6, 6.07) is 5.18. The van der Waals surface area contributed by atoms with Gasteiger partial charge in [0.15, 0.2) is 5.82 Å². The quantitative estimate of drug-likeness (QED) is 0.899. The van der Waals surface area contributed by atoms with Crippen molar-refractivity contribution in [1.29, 1.82) is 0 Å². The summed E-state index contributed by atoms with van der Waals surface area (Å²) in [6.45, 7) is -0.845. The Labute approximate surface area is 123 Å². The molecule has 2 aromatic rings. The van der Waals surface area contributed by atoms with Crippen molar-refractivity contribution in [2.45, 2.75) is 26.1 Å². The van der Waals surface area contributed by atoms with Crippen LogP contribution in [0.2, 0.25) is 0 Å². The molecule has 1 heterocycles. The lowest BCUT2D eigenvalue weighted by atomic mass is 10.1. The average molecular weight is 346 g/mol. The van der Waals surface area contributed by atoms with E-state index in [0.717, 1.165) is 14.6 Å². The predicted molar refractivity (Wildman–Crippen MR) is 74.6 cm³/mol. The maximum Gasteiger partial charge on any atom is 0.320 e. The highest BCUT2D eigenvalue weighted by atomic mass is 79.9. The van der Waals surface area contributed by atoms with Crippen LogP contribution in [0.25, 0.3) is 0 Å². The lowest BCUT2D eigenvalue weighted by Crippen LogP contribution is -2.11. The van der Waals surface area contributed by atoms with Crippen LogP contribution in [0.1, 0.15) is 30.9 Å². The third kappa shape index (κ3) is 3.34. The monoisotopic (exact) mass is 345 g/mol. The van der Waals surface area contributed by atoms with Gasteiger partial charge in [-0.3, -0.25) is 4.57 Å². The first kappa shape index (κ1) is 14.9. The standard InChI is InChI=1S/C13H14BrF2N3O/c1-8(17)10-6-9(14)2-3-11(10)20-7-12-18-4-5-19(12)13(15)16/h2-6,8,13H,7,17H2,1H3/t8-/m1/s1. The Morgan fingerprint density at radius 1 is 1.45 bits per heavy atom. The van der Waals surface area contributed by atoms with Crippen molar-refractivity contribution in [3.05, 3.63) is 46.5 Å². The number of nitrogens with zero attached hydrogens (tertiary/aromatic N) is 2. The fraction of sp³-hybridized carbons (Fsp3) is 0.308. The van der Waals surface area contributed by atoms with Crippen LogP contribution in [0.5, 0.6) is 5.75 Å². The molecule has 0 saturated carbocycles. The van der Waals surface area contributed by atoms with E-state index in [2.05, 4.69) is 20.9 Å². The predicted octanol–water partition coefficient (Wildman–Crippen LogP) is 3.64. The summed E-state index contributed by atoms with van der Waals surface area (Å²) in [5.41, 5.74) is 6.67. The lowest BCUT2D eigenvalue weighted by Gasteiger charge is -2.15. The summed E-state index contributed by atoms with van der Waals surface area (Å²) in [5, 5.41) is 0. The van der Waals surface area contributed by atoms with Crippen molar-refractivity contribution < 1.29 is 13.5 Å². The van der Waals surface area contributed by atoms with E-state index in [-0.39, 0.29) is 18.5 Å². The summed E-state index contributed by atoms with van der Waals surface area (Å²) >= 11 is 3.36. The van der Waals surface area contributed by atoms with E-state index < -0.39 is 6.55 Å². The van der Waals surface area contributed by atoms with Gasteiger partial charge in [0.05, 0.1) is 0 Å². The van der Waals surface area contributed by atoms with Gasteiger partial charge in [-0.1, -0.05) is 15.9 Å². The molecule has 0 spiro atoms. The second kappa shape index (κ2) is 6.32. The fourth-order valence-electron chi connectivity index (χ4n) is 1.78. The third-order valence-electron chi connectivity index (χ3n) is 2.78. The summed E-state index contributed by atoms with van der Waals surface area (Å²) in [4.78, 5) is 3.86. The molecule has 0 aliphatic rings. The van der Waals surface area contributed by atoms with Crippen molar-refractivity contribution in [2.75, 3.05) is 0 Å². The number of hydrogen-bond acceptors (Lipinski definition) is 3.